The standard InChI is InChI=1S/C21H16N2O2S2/c22-20-18(21-23-10-11-26-21)19(24)17(27-20)12-15-8-4-5-9-16(15)25-13-14-6-2-1-3-7-14/h1-12,18,22H,13H2. The molecule has 1 aromatic heterocycles. The molecule has 6 heteroatoms. The zero-order valence-corrected chi connectivity index (χ0v) is 15.9. The summed E-state index contributed by atoms with van der Waals surface area (Å²) < 4.78 is 5.97. The maximum Gasteiger partial charge on any atom is 0.186 e. The van der Waals surface area contributed by atoms with Crippen LogP contribution in [-0.2, 0) is 11.4 Å². The second-order valence-corrected chi connectivity index (χ2v) is 7.96. The SMILES string of the molecule is N=C1SC(=Cc2ccccc2OCc2ccccc2)C(=O)C1c1nccs1. The third kappa shape index (κ3) is 3.86. The molecule has 0 saturated carbocycles. The van der Waals surface area contributed by atoms with Crippen LogP contribution in [0.2, 0.25) is 0 Å². The van der Waals surface area contributed by atoms with Gasteiger partial charge in [0.25, 0.3) is 0 Å². The first-order valence-electron chi connectivity index (χ1n) is 8.40. The minimum Gasteiger partial charge on any atom is -0.488 e. The number of hydrogen-bond acceptors (Lipinski definition) is 6. The number of carbonyl (C=O) groups excluding carboxylic acids is 1. The maximum atomic E-state index is 12.8. The van der Waals surface area contributed by atoms with Crippen LogP contribution in [0.15, 0.2) is 71.1 Å². The highest BCUT2D eigenvalue weighted by atomic mass is 32.2. The Morgan fingerprint density at radius 1 is 1.11 bits per heavy atom. The molecule has 0 radical (unpaired) electrons. The largest absolute Gasteiger partial charge is 0.488 e. The first kappa shape index (κ1) is 17.7. The Hall–Kier alpha value is -2.70. The summed E-state index contributed by atoms with van der Waals surface area (Å²) in [5.74, 6) is 0.0722. The van der Waals surface area contributed by atoms with Gasteiger partial charge in [-0.1, -0.05) is 60.3 Å². The molecule has 2 aromatic carbocycles. The summed E-state index contributed by atoms with van der Waals surface area (Å²) >= 11 is 2.61. The van der Waals surface area contributed by atoms with Crippen molar-refractivity contribution in [2.24, 2.45) is 0 Å². The van der Waals surface area contributed by atoms with Crippen LogP contribution in [0, 0.1) is 5.41 Å². The molecule has 2 heterocycles. The van der Waals surface area contributed by atoms with E-state index in [1.165, 1.54) is 23.1 Å². The van der Waals surface area contributed by atoms with E-state index in [0.29, 0.717) is 27.3 Å². The van der Waals surface area contributed by atoms with Gasteiger partial charge in [0, 0.05) is 17.1 Å². The van der Waals surface area contributed by atoms with Crippen LogP contribution < -0.4 is 4.74 Å². The summed E-state index contributed by atoms with van der Waals surface area (Å²) in [6, 6.07) is 17.6. The second kappa shape index (κ2) is 7.90. The van der Waals surface area contributed by atoms with E-state index in [2.05, 4.69) is 4.98 Å². The fraction of sp³-hybridized carbons (Fsp3) is 0.0952. The van der Waals surface area contributed by atoms with E-state index in [1.807, 2.05) is 66.1 Å². The van der Waals surface area contributed by atoms with E-state index in [4.69, 9.17) is 10.1 Å². The molecule has 1 atom stereocenters. The topological polar surface area (TPSA) is 63.0 Å². The highest BCUT2D eigenvalue weighted by Gasteiger charge is 2.38. The van der Waals surface area contributed by atoms with Crippen molar-refractivity contribution < 1.29 is 9.53 Å². The molecule has 0 bridgehead atoms. The summed E-state index contributed by atoms with van der Waals surface area (Å²) in [6.45, 7) is 0.458. The Morgan fingerprint density at radius 2 is 1.89 bits per heavy atom. The fourth-order valence-electron chi connectivity index (χ4n) is 2.80. The number of carbonyl (C=O) groups is 1. The average molecular weight is 393 g/mol. The summed E-state index contributed by atoms with van der Waals surface area (Å²) in [7, 11) is 0. The van der Waals surface area contributed by atoms with Crippen LogP contribution in [0.1, 0.15) is 22.1 Å². The number of rotatable bonds is 5. The summed E-state index contributed by atoms with van der Waals surface area (Å²) in [6.07, 6.45) is 3.48. The van der Waals surface area contributed by atoms with Crippen molar-refractivity contribution in [1.29, 1.82) is 5.41 Å². The van der Waals surface area contributed by atoms with Crippen molar-refractivity contribution in [1.82, 2.24) is 4.98 Å². The number of benzene rings is 2. The lowest BCUT2D eigenvalue weighted by atomic mass is 10.0. The van der Waals surface area contributed by atoms with E-state index in [9.17, 15) is 4.79 Å². The summed E-state index contributed by atoms with van der Waals surface area (Å²) in [4.78, 5) is 17.6. The monoisotopic (exact) mass is 392 g/mol. The van der Waals surface area contributed by atoms with E-state index in [1.54, 1.807) is 6.20 Å². The van der Waals surface area contributed by atoms with Crippen LogP contribution in [0.4, 0.5) is 0 Å². The minimum absolute atomic E-state index is 0.0715. The molecule has 27 heavy (non-hydrogen) atoms. The zero-order chi connectivity index (χ0) is 18.6. The molecule has 1 N–H and O–H groups in total. The van der Waals surface area contributed by atoms with Gasteiger partial charge >= 0.3 is 0 Å². The van der Waals surface area contributed by atoms with Gasteiger partial charge in [0.15, 0.2) is 5.78 Å². The lowest BCUT2D eigenvalue weighted by Crippen LogP contribution is -2.11. The van der Waals surface area contributed by atoms with Crippen molar-refractivity contribution in [2.75, 3.05) is 0 Å². The van der Waals surface area contributed by atoms with Crippen molar-refractivity contribution in [3.63, 3.8) is 0 Å². The Bertz CT molecular complexity index is 998. The summed E-state index contributed by atoms with van der Waals surface area (Å²) in [5, 5.41) is 11.0. The van der Waals surface area contributed by atoms with Crippen LogP contribution in [0.25, 0.3) is 6.08 Å². The zero-order valence-electron chi connectivity index (χ0n) is 14.3. The quantitative estimate of drug-likeness (QED) is 0.611. The molecule has 0 amide bonds. The van der Waals surface area contributed by atoms with Gasteiger partial charge in [-0.3, -0.25) is 10.2 Å². The molecule has 134 valence electrons. The van der Waals surface area contributed by atoms with Gasteiger partial charge in [-0.2, -0.15) is 0 Å². The molecule has 4 rings (SSSR count). The fourth-order valence-corrected chi connectivity index (χ4v) is 4.59. The van der Waals surface area contributed by atoms with E-state index >= 15 is 0 Å². The van der Waals surface area contributed by atoms with E-state index < -0.39 is 5.92 Å². The van der Waals surface area contributed by atoms with Crippen LogP contribution in [0.5, 0.6) is 5.75 Å². The maximum absolute atomic E-state index is 12.8. The number of aromatic nitrogens is 1. The van der Waals surface area contributed by atoms with Crippen LogP contribution in [0.3, 0.4) is 0 Å². The number of nitrogens with one attached hydrogen (secondary N) is 1. The Kier molecular flexibility index (Phi) is 5.18. The molecule has 1 aliphatic heterocycles. The molecule has 0 aliphatic carbocycles. The van der Waals surface area contributed by atoms with Crippen molar-refractivity contribution in [3.8, 4) is 5.75 Å². The van der Waals surface area contributed by atoms with E-state index in [0.717, 1.165) is 11.1 Å². The van der Waals surface area contributed by atoms with Crippen molar-refractivity contribution in [3.05, 3.63) is 87.2 Å². The molecule has 1 saturated heterocycles. The number of nitrogens with zero attached hydrogens (tertiary/aromatic N) is 1. The van der Waals surface area contributed by atoms with E-state index in [-0.39, 0.29) is 5.78 Å². The third-order valence-corrected chi connectivity index (χ3v) is 5.96. The van der Waals surface area contributed by atoms with Crippen molar-refractivity contribution in [2.45, 2.75) is 12.5 Å². The molecule has 1 aliphatic rings. The smallest absolute Gasteiger partial charge is 0.186 e. The Morgan fingerprint density at radius 3 is 2.67 bits per heavy atom. The number of hydrogen-bond donors (Lipinski definition) is 1. The molecule has 3 aromatic rings. The number of ketones is 1. The van der Waals surface area contributed by atoms with Crippen LogP contribution in [-0.4, -0.2) is 15.8 Å². The second-order valence-electron chi connectivity index (χ2n) is 5.95. The lowest BCUT2D eigenvalue weighted by Gasteiger charge is -2.09. The normalized spacial score (nSPS) is 18.2. The van der Waals surface area contributed by atoms with Gasteiger partial charge in [-0.05, 0) is 17.7 Å². The number of allylic oxidation sites excluding steroid dienone is 1. The third-order valence-electron chi connectivity index (χ3n) is 4.13. The highest BCUT2D eigenvalue weighted by molar-refractivity contribution is 8.19. The van der Waals surface area contributed by atoms with Crippen molar-refractivity contribution >= 4 is 40.0 Å². The predicted octanol–water partition coefficient (Wildman–Crippen LogP) is 5.14. The van der Waals surface area contributed by atoms with Gasteiger partial charge in [0.1, 0.15) is 23.3 Å². The minimum atomic E-state index is -0.571. The Labute approximate surface area is 165 Å². The summed E-state index contributed by atoms with van der Waals surface area (Å²) in [5.41, 5.74) is 1.91. The molecular formula is C21H16N2O2S2. The van der Waals surface area contributed by atoms with Crippen LogP contribution >= 0.6 is 23.1 Å². The van der Waals surface area contributed by atoms with Gasteiger partial charge in [-0.15, -0.1) is 11.3 Å². The number of thioether (sulfide) groups is 1. The molecular weight excluding hydrogens is 376 g/mol. The molecule has 4 nitrogen and oxygen atoms in total. The van der Waals surface area contributed by atoms with Gasteiger partial charge < -0.3 is 4.74 Å². The first-order valence-corrected chi connectivity index (χ1v) is 10.1. The molecule has 1 unspecified atom stereocenters. The number of ether oxygens (including phenoxy) is 1. The lowest BCUT2D eigenvalue weighted by molar-refractivity contribution is -0.114. The van der Waals surface area contributed by atoms with Gasteiger partial charge in [-0.25, -0.2) is 4.98 Å². The number of para-hydroxylation sites is 1. The predicted molar refractivity (Wildman–Crippen MR) is 110 cm³/mol. The highest BCUT2D eigenvalue weighted by Crippen LogP contribution is 2.41. The Balaban J connectivity index is 1.57. The number of Topliss-reactive ketones (excluding diaryl/α,β-unsaturated/α-hetero) is 1. The number of thiazole rings is 1. The van der Waals surface area contributed by atoms with Gasteiger partial charge in [0.2, 0.25) is 0 Å². The van der Waals surface area contributed by atoms with Gasteiger partial charge in [0.05, 0.1) is 9.95 Å². The molecule has 1 fully saturated rings. The average Bonchev–Trinajstić information content (AvgIpc) is 3.30. The first-order chi connectivity index (χ1) is 13.2. The molecule has 0 spiro atoms.